The number of rotatable bonds is 7. The fourth-order valence-electron chi connectivity index (χ4n) is 3.73. The van der Waals surface area contributed by atoms with Crippen LogP contribution in [0.5, 0.6) is 0 Å². The van der Waals surface area contributed by atoms with E-state index < -0.39 is 23.0 Å². The molecule has 1 saturated heterocycles. The maximum Gasteiger partial charge on any atom is 0.251 e. The number of nitrogens with two attached hydrogens (primary N) is 1. The maximum absolute atomic E-state index is 14.0. The molecule has 0 saturated carbocycles. The summed E-state index contributed by atoms with van der Waals surface area (Å²) in [6.07, 6.45) is 2.14. The highest BCUT2D eigenvalue weighted by Gasteiger charge is 2.25. The molecule has 1 unspecified atom stereocenters. The number of amides is 1. The largest absolute Gasteiger partial charge is 0.382 e. The molecule has 1 aromatic heterocycles. The van der Waals surface area contributed by atoms with Crippen molar-refractivity contribution in [3.63, 3.8) is 0 Å². The Labute approximate surface area is 217 Å². The van der Waals surface area contributed by atoms with Gasteiger partial charge in [0.15, 0.2) is 5.13 Å². The van der Waals surface area contributed by atoms with Gasteiger partial charge in [0.05, 0.1) is 5.56 Å². The van der Waals surface area contributed by atoms with Crippen LogP contribution < -0.4 is 21.7 Å². The maximum atomic E-state index is 14.0. The van der Waals surface area contributed by atoms with Gasteiger partial charge >= 0.3 is 0 Å². The van der Waals surface area contributed by atoms with E-state index in [1.807, 2.05) is 6.92 Å². The molecule has 0 radical (unpaired) electrons. The monoisotopic (exact) mass is 543 g/mol. The van der Waals surface area contributed by atoms with E-state index >= 15 is 0 Å². The molecule has 1 aliphatic rings. The van der Waals surface area contributed by atoms with E-state index in [-0.39, 0.29) is 58.6 Å². The highest BCUT2D eigenvalue weighted by atomic mass is 35.5. The van der Waals surface area contributed by atoms with Crippen molar-refractivity contribution >= 4 is 64.5 Å². The number of aromatic nitrogens is 1. The van der Waals surface area contributed by atoms with Crippen LogP contribution in [0.4, 0.5) is 25.4 Å². The Kier molecular flexibility index (Phi) is 9.96. The Bertz CT molecular complexity index is 1170. The molecule has 2 atom stereocenters. The van der Waals surface area contributed by atoms with Crippen LogP contribution in [0.3, 0.4) is 0 Å². The van der Waals surface area contributed by atoms with Gasteiger partial charge in [-0.1, -0.05) is 17.4 Å². The van der Waals surface area contributed by atoms with Crippen molar-refractivity contribution < 1.29 is 18.4 Å². The summed E-state index contributed by atoms with van der Waals surface area (Å²) in [4.78, 5) is 29.1. The number of nitrogen functional groups attached to an aromatic ring is 1. The molecule has 0 bridgehead atoms. The Balaban J connectivity index is 0.00000216. The summed E-state index contributed by atoms with van der Waals surface area (Å²) in [7, 11) is 0. The molecule has 2 aromatic carbocycles. The van der Waals surface area contributed by atoms with Crippen LogP contribution in [0.15, 0.2) is 42.5 Å². The van der Waals surface area contributed by atoms with Gasteiger partial charge in [-0.2, -0.15) is 0 Å². The van der Waals surface area contributed by atoms with Crippen molar-refractivity contribution in [2.24, 2.45) is 0 Å². The minimum atomic E-state index is -0.964. The summed E-state index contributed by atoms with van der Waals surface area (Å²) < 4.78 is 27.9. The number of carbonyl (C=O) groups is 2. The number of hydrogen-bond donors (Lipinski definition) is 4. The second-order valence-corrected chi connectivity index (χ2v) is 8.83. The van der Waals surface area contributed by atoms with E-state index in [1.165, 1.54) is 6.07 Å². The molecular weight excluding hydrogens is 519 g/mol. The predicted octanol–water partition coefficient (Wildman–Crippen LogP) is 4.69. The Morgan fingerprint density at radius 2 is 1.80 bits per heavy atom. The van der Waals surface area contributed by atoms with Crippen molar-refractivity contribution in [2.45, 2.75) is 31.8 Å². The van der Waals surface area contributed by atoms with Crippen LogP contribution >= 0.6 is 36.2 Å². The third-order valence-electron chi connectivity index (χ3n) is 5.51. The molecule has 4 rings (SSSR count). The summed E-state index contributed by atoms with van der Waals surface area (Å²) in [6.45, 7) is 2.95. The summed E-state index contributed by atoms with van der Waals surface area (Å²) in [5, 5.41) is 9.66. The molecule has 0 aliphatic carbocycles. The fourth-order valence-corrected chi connectivity index (χ4v) is 4.58. The van der Waals surface area contributed by atoms with Crippen molar-refractivity contribution in [3.05, 3.63) is 70.1 Å². The molecule has 3 aromatic rings. The number of anilines is 3. The molecule has 12 heteroatoms. The van der Waals surface area contributed by atoms with Crippen LogP contribution in [0.25, 0.3) is 0 Å². The van der Waals surface area contributed by atoms with Gasteiger partial charge in [0.1, 0.15) is 22.3 Å². The third kappa shape index (κ3) is 6.46. The Morgan fingerprint density at radius 1 is 1.14 bits per heavy atom. The lowest BCUT2D eigenvalue weighted by Crippen LogP contribution is -2.45. The lowest BCUT2D eigenvalue weighted by molar-refractivity contribution is 0.0932. The SMILES string of the molecule is CC(NC(=O)c1ccc(Nc2nc(N)c(C(=O)c3c(F)cccc3F)s2)cc1)[C@@H]1CCCN1.Cl.Cl. The van der Waals surface area contributed by atoms with Gasteiger partial charge in [0, 0.05) is 23.3 Å². The van der Waals surface area contributed by atoms with Crippen molar-refractivity contribution in [2.75, 3.05) is 17.6 Å². The lowest BCUT2D eigenvalue weighted by atomic mass is 10.1. The number of nitrogens with one attached hydrogen (secondary N) is 3. The topological polar surface area (TPSA) is 109 Å². The number of halogens is 4. The van der Waals surface area contributed by atoms with Crippen molar-refractivity contribution in [1.82, 2.24) is 15.6 Å². The van der Waals surface area contributed by atoms with Gasteiger partial charge < -0.3 is 21.7 Å². The number of hydrogen-bond acceptors (Lipinski definition) is 7. The average molecular weight is 544 g/mol. The van der Waals surface area contributed by atoms with Crippen molar-refractivity contribution in [1.29, 1.82) is 0 Å². The van der Waals surface area contributed by atoms with Crippen LogP contribution in [0.1, 0.15) is 45.4 Å². The quantitative estimate of drug-likeness (QED) is 0.322. The van der Waals surface area contributed by atoms with E-state index in [9.17, 15) is 18.4 Å². The molecule has 1 aliphatic heterocycles. The van der Waals surface area contributed by atoms with Gasteiger partial charge in [0.25, 0.3) is 5.91 Å². The molecule has 35 heavy (non-hydrogen) atoms. The molecule has 1 amide bonds. The van der Waals surface area contributed by atoms with Crippen LogP contribution in [-0.2, 0) is 0 Å². The summed E-state index contributed by atoms with van der Waals surface area (Å²) in [5.41, 5.74) is 6.28. The first-order valence-electron chi connectivity index (χ1n) is 10.5. The van der Waals surface area contributed by atoms with Gasteiger partial charge in [-0.15, -0.1) is 24.8 Å². The Morgan fingerprint density at radius 3 is 2.40 bits per heavy atom. The highest BCUT2D eigenvalue weighted by molar-refractivity contribution is 7.18. The number of carbonyl (C=O) groups excluding carboxylic acids is 2. The number of benzene rings is 2. The second kappa shape index (κ2) is 12.3. The molecule has 188 valence electrons. The molecule has 1 fully saturated rings. The molecule has 0 spiro atoms. The van der Waals surface area contributed by atoms with Gasteiger partial charge in [-0.3, -0.25) is 9.59 Å². The Hall–Kier alpha value is -2.79. The summed E-state index contributed by atoms with van der Waals surface area (Å²) in [5.74, 6) is -3.09. The molecule has 7 nitrogen and oxygen atoms in total. The molecule has 5 N–H and O–H groups in total. The number of nitrogens with zero attached hydrogens (tertiary/aromatic N) is 1. The fraction of sp³-hybridized carbons (Fsp3) is 0.261. The molecule has 2 heterocycles. The standard InChI is InChI=1S/C23H23F2N5O2S.2ClH/c1-12(17-6-3-11-27-17)28-22(32)13-7-9-14(10-8-13)29-23-30-21(26)20(33-23)19(31)18-15(24)4-2-5-16(18)25;;/h2,4-5,7-10,12,17,27H,3,6,11,26H2,1H3,(H,28,32)(H,29,30);2*1H/t12?,17-;;/m0../s1. The van der Waals surface area contributed by atoms with Crippen LogP contribution in [-0.4, -0.2) is 35.3 Å². The minimum Gasteiger partial charge on any atom is -0.382 e. The zero-order chi connectivity index (χ0) is 23.5. The van der Waals surface area contributed by atoms with Crippen LogP contribution in [0.2, 0.25) is 0 Å². The number of ketones is 1. The smallest absolute Gasteiger partial charge is 0.251 e. The van der Waals surface area contributed by atoms with Gasteiger partial charge in [0.2, 0.25) is 5.78 Å². The zero-order valence-corrected chi connectivity index (χ0v) is 21.1. The average Bonchev–Trinajstić information content (AvgIpc) is 3.44. The predicted molar refractivity (Wildman–Crippen MR) is 138 cm³/mol. The van der Waals surface area contributed by atoms with Crippen LogP contribution in [0, 0.1) is 11.6 Å². The first-order chi connectivity index (χ1) is 15.8. The van der Waals surface area contributed by atoms with E-state index in [0.717, 1.165) is 42.9 Å². The second-order valence-electron chi connectivity index (χ2n) is 7.83. The van der Waals surface area contributed by atoms with E-state index in [4.69, 9.17) is 5.73 Å². The summed E-state index contributed by atoms with van der Waals surface area (Å²) in [6, 6.07) is 10.2. The lowest BCUT2D eigenvalue weighted by Gasteiger charge is -2.20. The molecular formula is C23H25Cl2F2N5O2S. The van der Waals surface area contributed by atoms with E-state index in [2.05, 4.69) is 20.9 Å². The van der Waals surface area contributed by atoms with Crippen molar-refractivity contribution in [3.8, 4) is 0 Å². The van der Waals surface area contributed by atoms with Gasteiger partial charge in [-0.05, 0) is 62.7 Å². The minimum absolute atomic E-state index is 0. The number of thiazole rings is 1. The highest BCUT2D eigenvalue weighted by Crippen LogP contribution is 2.31. The summed E-state index contributed by atoms with van der Waals surface area (Å²) >= 11 is 0.891. The normalized spacial score (nSPS) is 15.5. The van der Waals surface area contributed by atoms with Gasteiger partial charge in [-0.25, -0.2) is 13.8 Å². The first-order valence-corrected chi connectivity index (χ1v) is 11.3. The van der Waals surface area contributed by atoms with E-state index in [1.54, 1.807) is 24.3 Å². The first kappa shape index (κ1) is 28.4. The zero-order valence-electron chi connectivity index (χ0n) is 18.6. The van der Waals surface area contributed by atoms with E-state index in [0.29, 0.717) is 11.3 Å². The third-order valence-corrected chi connectivity index (χ3v) is 6.49.